The molecule has 0 unspecified atom stereocenters. The Morgan fingerprint density at radius 2 is 1.94 bits per heavy atom. The van der Waals surface area contributed by atoms with Gasteiger partial charge in [-0.05, 0) is 93.9 Å². The molecule has 0 saturated carbocycles. The average molecular weight is 502 g/mol. The number of hydrogen-bond donors (Lipinski definition) is 2. The molecule has 0 saturated heterocycles. The number of H-pyrrole nitrogens is 1. The van der Waals surface area contributed by atoms with Crippen molar-refractivity contribution in [3.05, 3.63) is 81.2 Å². The largest absolute Gasteiger partial charge is 0.326 e. The van der Waals surface area contributed by atoms with Crippen LogP contribution in [-0.2, 0) is 17.8 Å². The summed E-state index contributed by atoms with van der Waals surface area (Å²) in [4.78, 5) is 18.2. The van der Waals surface area contributed by atoms with Crippen molar-refractivity contribution >= 4 is 46.0 Å². The van der Waals surface area contributed by atoms with Gasteiger partial charge < -0.3 is 15.1 Å². The predicted octanol–water partition coefficient (Wildman–Crippen LogP) is 5.67. The van der Waals surface area contributed by atoms with E-state index < -0.39 is 0 Å². The molecule has 0 spiro atoms. The summed E-state index contributed by atoms with van der Waals surface area (Å²) in [6.45, 7) is 5.10. The fourth-order valence-corrected chi connectivity index (χ4v) is 4.94. The molecular formula is C29H35N5OS. The molecule has 0 bridgehead atoms. The van der Waals surface area contributed by atoms with E-state index in [4.69, 9.17) is 0 Å². The number of fused-ring (bicyclic) bond motifs is 1. The van der Waals surface area contributed by atoms with Gasteiger partial charge in [0.05, 0.1) is 17.6 Å². The number of nitrogens with zero attached hydrogens (tertiary/aromatic N) is 3. The number of aromatic nitrogens is 2. The lowest BCUT2D eigenvalue weighted by molar-refractivity contribution is -0.115. The first-order valence-electron chi connectivity index (χ1n) is 12.3. The first-order chi connectivity index (χ1) is 17.4. The van der Waals surface area contributed by atoms with E-state index in [0.29, 0.717) is 6.42 Å². The van der Waals surface area contributed by atoms with E-state index in [1.54, 1.807) is 11.3 Å². The molecule has 188 valence electrons. The number of thiophene rings is 1. The Balaban J connectivity index is 1.45. The molecule has 2 aromatic heterocycles. The maximum atomic E-state index is 12.6. The highest BCUT2D eigenvalue weighted by molar-refractivity contribution is 7.10. The SMILES string of the molecule is Cc1cc2[nH]nc(C=Cc3cccc(CN(C)CCCN(C)C)c3)c2cc1NC(=O)Cc1cccs1. The highest BCUT2D eigenvalue weighted by Crippen LogP contribution is 2.26. The maximum absolute atomic E-state index is 12.6. The molecule has 0 aliphatic heterocycles. The Labute approximate surface area is 217 Å². The zero-order valence-corrected chi connectivity index (χ0v) is 22.4. The van der Waals surface area contributed by atoms with Crippen molar-refractivity contribution in [3.8, 4) is 0 Å². The van der Waals surface area contributed by atoms with Crippen LogP contribution >= 0.6 is 11.3 Å². The maximum Gasteiger partial charge on any atom is 0.229 e. The van der Waals surface area contributed by atoms with Gasteiger partial charge in [0, 0.05) is 22.5 Å². The molecule has 2 heterocycles. The summed E-state index contributed by atoms with van der Waals surface area (Å²) in [5, 5.41) is 13.7. The number of anilines is 1. The first-order valence-corrected chi connectivity index (χ1v) is 13.2. The van der Waals surface area contributed by atoms with Crippen molar-refractivity contribution in [3.63, 3.8) is 0 Å². The van der Waals surface area contributed by atoms with E-state index in [9.17, 15) is 4.79 Å². The molecule has 0 fully saturated rings. The molecule has 4 aromatic rings. The minimum atomic E-state index is -0.0102. The van der Waals surface area contributed by atoms with Crippen molar-refractivity contribution in [2.24, 2.45) is 0 Å². The number of aryl methyl sites for hydroxylation is 1. The second-order valence-corrected chi connectivity index (χ2v) is 10.6. The average Bonchev–Trinajstić information content (AvgIpc) is 3.47. The van der Waals surface area contributed by atoms with Gasteiger partial charge in [-0.3, -0.25) is 9.89 Å². The third-order valence-corrected chi connectivity index (χ3v) is 6.98. The summed E-state index contributed by atoms with van der Waals surface area (Å²) in [6, 6.07) is 16.6. The number of amides is 1. The minimum absolute atomic E-state index is 0.0102. The second-order valence-electron chi connectivity index (χ2n) is 9.60. The van der Waals surface area contributed by atoms with Gasteiger partial charge in [0.25, 0.3) is 0 Å². The number of nitrogens with one attached hydrogen (secondary N) is 2. The molecule has 2 N–H and O–H groups in total. The van der Waals surface area contributed by atoms with Crippen molar-refractivity contribution in [2.45, 2.75) is 26.3 Å². The van der Waals surface area contributed by atoms with Crippen molar-refractivity contribution in [1.82, 2.24) is 20.0 Å². The third-order valence-electron chi connectivity index (χ3n) is 6.11. The molecule has 0 atom stereocenters. The minimum Gasteiger partial charge on any atom is -0.326 e. The number of carbonyl (C=O) groups is 1. The van der Waals surface area contributed by atoms with Crippen LogP contribution in [0.2, 0.25) is 0 Å². The van der Waals surface area contributed by atoms with Crippen LogP contribution in [0.15, 0.2) is 53.9 Å². The van der Waals surface area contributed by atoms with E-state index >= 15 is 0 Å². The molecular weight excluding hydrogens is 466 g/mol. The molecule has 4 rings (SSSR count). The van der Waals surface area contributed by atoms with Crippen molar-refractivity contribution in [1.29, 1.82) is 0 Å². The lowest BCUT2D eigenvalue weighted by Gasteiger charge is -2.18. The Morgan fingerprint density at radius 3 is 2.72 bits per heavy atom. The number of carbonyl (C=O) groups excluding carboxylic acids is 1. The number of rotatable bonds is 11. The van der Waals surface area contributed by atoms with Crippen LogP contribution in [0.3, 0.4) is 0 Å². The van der Waals surface area contributed by atoms with Gasteiger partial charge in [0.1, 0.15) is 0 Å². The first kappa shape index (κ1) is 25.8. The highest BCUT2D eigenvalue weighted by atomic mass is 32.1. The van der Waals surface area contributed by atoms with Gasteiger partial charge in [-0.1, -0.05) is 36.4 Å². The summed E-state index contributed by atoms with van der Waals surface area (Å²) in [7, 11) is 6.40. The third kappa shape index (κ3) is 7.13. The number of hydrogen-bond acceptors (Lipinski definition) is 5. The quantitative estimate of drug-likeness (QED) is 0.278. The van der Waals surface area contributed by atoms with Gasteiger partial charge in [0.15, 0.2) is 0 Å². The van der Waals surface area contributed by atoms with Crippen LogP contribution in [0, 0.1) is 6.92 Å². The van der Waals surface area contributed by atoms with Crippen LogP contribution in [-0.4, -0.2) is 60.1 Å². The predicted molar refractivity (Wildman–Crippen MR) is 152 cm³/mol. The van der Waals surface area contributed by atoms with Gasteiger partial charge in [-0.25, -0.2) is 0 Å². The molecule has 36 heavy (non-hydrogen) atoms. The van der Waals surface area contributed by atoms with E-state index in [1.165, 1.54) is 5.56 Å². The molecule has 1 amide bonds. The molecule has 0 aliphatic carbocycles. The summed E-state index contributed by atoms with van der Waals surface area (Å²) >= 11 is 1.60. The number of aromatic amines is 1. The van der Waals surface area contributed by atoms with Crippen molar-refractivity contribution in [2.75, 3.05) is 39.5 Å². The smallest absolute Gasteiger partial charge is 0.229 e. The van der Waals surface area contributed by atoms with Crippen LogP contribution < -0.4 is 5.32 Å². The van der Waals surface area contributed by atoms with E-state index in [0.717, 1.165) is 64.3 Å². The summed E-state index contributed by atoms with van der Waals surface area (Å²) in [5.74, 6) is -0.0102. The fourth-order valence-electron chi connectivity index (χ4n) is 4.24. The van der Waals surface area contributed by atoms with Gasteiger partial charge in [-0.2, -0.15) is 5.10 Å². The molecule has 2 aromatic carbocycles. The summed E-state index contributed by atoms with van der Waals surface area (Å²) in [6.07, 6.45) is 5.67. The topological polar surface area (TPSA) is 64.3 Å². The van der Waals surface area contributed by atoms with E-state index in [1.807, 2.05) is 42.6 Å². The fraction of sp³-hybridized carbons (Fsp3) is 0.310. The van der Waals surface area contributed by atoms with E-state index in [-0.39, 0.29) is 5.91 Å². The Bertz CT molecular complexity index is 1320. The second kappa shape index (κ2) is 12.1. The molecule has 7 heteroatoms. The molecule has 0 radical (unpaired) electrons. The Hall–Kier alpha value is -3.26. The summed E-state index contributed by atoms with van der Waals surface area (Å²) in [5.41, 5.74) is 6.06. The van der Waals surface area contributed by atoms with E-state index in [2.05, 4.69) is 76.8 Å². The lowest BCUT2D eigenvalue weighted by atomic mass is 10.1. The van der Waals surface area contributed by atoms with Crippen LogP contribution in [0.4, 0.5) is 5.69 Å². The summed E-state index contributed by atoms with van der Waals surface area (Å²) < 4.78 is 0. The monoisotopic (exact) mass is 501 g/mol. The zero-order chi connectivity index (χ0) is 25.5. The van der Waals surface area contributed by atoms with Gasteiger partial charge in [-0.15, -0.1) is 11.3 Å². The van der Waals surface area contributed by atoms with Crippen LogP contribution in [0.25, 0.3) is 23.1 Å². The van der Waals surface area contributed by atoms with Gasteiger partial charge in [0.2, 0.25) is 5.91 Å². The Morgan fingerprint density at radius 1 is 1.08 bits per heavy atom. The standard InChI is InChI=1S/C29H35N5OS/c1-21-16-28-25(19-27(21)30-29(35)18-24-10-6-15-36-24)26(31-32-28)12-11-22-8-5-9-23(17-22)20-34(4)14-7-13-33(2)3/h5-6,8-12,15-17,19H,7,13-14,18,20H2,1-4H3,(H,30,35)(H,31,32). The number of benzene rings is 2. The molecule has 0 aliphatic rings. The zero-order valence-electron chi connectivity index (χ0n) is 21.5. The lowest BCUT2D eigenvalue weighted by Crippen LogP contribution is -2.23. The Kier molecular flexibility index (Phi) is 8.70. The normalized spacial score (nSPS) is 11.8. The highest BCUT2D eigenvalue weighted by Gasteiger charge is 2.11. The van der Waals surface area contributed by atoms with Crippen LogP contribution in [0.5, 0.6) is 0 Å². The van der Waals surface area contributed by atoms with Crippen molar-refractivity contribution < 1.29 is 4.79 Å². The van der Waals surface area contributed by atoms with Gasteiger partial charge >= 0.3 is 0 Å². The van der Waals surface area contributed by atoms with Crippen LogP contribution in [0.1, 0.15) is 33.7 Å². The molecule has 6 nitrogen and oxygen atoms in total.